The Bertz CT molecular complexity index is 1250. The van der Waals surface area contributed by atoms with Crippen LogP contribution in [0.3, 0.4) is 0 Å². The largest absolute Gasteiger partial charge is 0.494 e. The molecule has 32 heavy (non-hydrogen) atoms. The summed E-state index contributed by atoms with van der Waals surface area (Å²) in [6.07, 6.45) is -0.308. The Balaban J connectivity index is 1.69. The van der Waals surface area contributed by atoms with Gasteiger partial charge in [0.1, 0.15) is 17.5 Å². The molecule has 0 amide bonds. The van der Waals surface area contributed by atoms with Crippen LogP contribution in [-0.2, 0) is 21.2 Å². The zero-order valence-electron chi connectivity index (χ0n) is 17.7. The molecule has 10 heteroatoms. The summed E-state index contributed by atoms with van der Waals surface area (Å²) in [4.78, 5) is 11.3. The number of alkyl halides is 1. The van der Waals surface area contributed by atoms with Gasteiger partial charge in [-0.15, -0.1) is 0 Å². The van der Waals surface area contributed by atoms with E-state index >= 15 is 4.39 Å². The molecule has 1 saturated heterocycles. The van der Waals surface area contributed by atoms with Gasteiger partial charge in [-0.3, -0.25) is 9.48 Å². The molecule has 1 N–H and O–H groups in total. The van der Waals surface area contributed by atoms with Crippen LogP contribution in [0.2, 0.25) is 0 Å². The van der Waals surface area contributed by atoms with Crippen molar-refractivity contribution in [3.63, 3.8) is 0 Å². The highest BCUT2D eigenvalue weighted by molar-refractivity contribution is 7.89. The van der Waals surface area contributed by atoms with Crippen LogP contribution in [0.5, 0.6) is 5.75 Å². The number of ether oxygens (including phenoxy) is 1. The number of hydrogen-bond acceptors (Lipinski definition) is 5. The molecule has 8 nitrogen and oxygen atoms in total. The van der Waals surface area contributed by atoms with Crippen molar-refractivity contribution in [1.82, 2.24) is 14.1 Å². The molecule has 1 fully saturated rings. The van der Waals surface area contributed by atoms with Crippen LogP contribution < -0.4 is 4.74 Å². The molecular formula is C22H24FN3O5S. The number of hydrogen-bond donors (Lipinski definition) is 1. The van der Waals surface area contributed by atoms with Gasteiger partial charge in [0.15, 0.2) is 0 Å². The summed E-state index contributed by atoms with van der Waals surface area (Å²) in [5, 5.41) is 14.2. The first-order valence-electron chi connectivity index (χ1n) is 10.2. The molecule has 1 aliphatic heterocycles. The predicted molar refractivity (Wildman–Crippen MR) is 116 cm³/mol. The maximum absolute atomic E-state index is 15.7. The van der Waals surface area contributed by atoms with E-state index in [0.29, 0.717) is 29.0 Å². The fourth-order valence-corrected chi connectivity index (χ4v) is 5.64. The Morgan fingerprint density at radius 2 is 1.94 bits per heavy atom. The maximum atomic E-state index is 15.7. The molecule has 2 aromatic carbocycles. The van der Waals surface area contributed by atoms with Crippen LogP contribution in [0.25, 0.3) is 10.9 Å². The van der Waals surface area contributed by atoms with E-state index in [2.05, 4.69) is 5.10 Å². The number of carboxylic acid groups (broad SMARTS) is 1. The quantitative estimate of drug-likeness (QED) is 0.580. The molecule has 1 aliphatic rings. The fraction of sp³-hybridized carbons (Fsp3) is 0.364. The van der Waals surface area contributed by atoms with Gasteiger partial charge in [-0.05, 0) is 44.2 Å². The van der Waals surface area contributed by atoms with Crippen molar-refractivity contribution in [3.8, 4) is 5.75 Å². The van der Waals surface area contributed by atoms with Crippen molar-refractivity contribution in [1.29, 1.82) is 0 Å². The van der Waals surface area contributed by atoms with Gasteiger partial charge in [0.05, 0.1) is 35.7 Å². The van der Waals surface area contributed by atoms with Crippen molar-refractivity contribution in [3.05, 3.63) is 54.2 Å². The molecule has 2 heterocycles. The lowest BCUT2D eigenvalue weighted by atomic mass is 10.0. The number of carbonyl (C=O) groups is 1. The van der Waals surface area contributed by atoms with Crippen LogP contribution in [0.15, 0.2) is 53.4 Å². The lowest BCUT2D eigenvalue weighted by Gasteiger charge is -2.22. The number of nitrogens with zero attached hydrogens (tertiary/aromatic N) is 3. The molecule has 0 unspecified atom stereocenters. The first-order valence-corrected chi connectivity index (χ1v) is 11.7. The monoisotopic (exact) mass is 461 g/mol. The van der Waals surface area contributed by atoms with Gasteiger partial charge in [0.2, 0.25) is 10.0 Å². The minimum absolute atomic E-state index is 0.0503. The summed E-state index contributed by atoms with van der Waals surface area (Å²) in [5.74, 6) is -0.496. The summed E-state index contributed by atoms with van der Waals surface area (Å²) in [5.41, 5.74) is -1.03. The van der Waals surface area contributed by atoms with E-state index in [1.54, 1.807) is 36.4 Å². The number of fused-ring (bicyclic) bond motifs is 1. The predicted octanol–water partition coefficient (Wildman–Crippen LogP) is 3.04. The molecule has 4 rings (SSSR count). The smallest absolute Gasteiger partial charge is 0.309 e. The Morgan fingerprint density at radius 3 is 2.59 bits per heavy atom. The highest BCUT2D eigenvalue weighted by Gasteiger charge is 2.50. The summed E-state index contributed by atoms with van der Waals surface area (Å²) >= 11 is 0. The van der Waals surface area contributed by atoms with Crippen molar-refractivity contribution in [2.45, 2.75) is 36.9 Å². The third kappa shape index (κ3) is 3.95. The number of aromatic nitrogens is 2. The molecule has 0 radical (unpaired) electrons. The summed E-state index contributed by atoms with van der Waals surface area (Å²) in [6, 6.07) is 12.1. The Morgan fingerprint density at radius 1 is 1.25 bits per heavy atom. The van der Waals surface area contributed by atoms with E-state index in [1.165, 1.54) is 23.7 Å². The normalized spacial score (nSPS) is 21.8. The highest BCUT2D eigenvalue weighted by Crippen LogP contribution is 2.39. The SMILES string of the molecule is CCOc1ccc(S(=O)(=O)N2C[C@H](n3nc(CC(=O)O)c4ccccc43)[C@@](C)(F)C2)cc1. The minimum atomic E-state index is -3.95. The van der Waals surface area contributed by atoms with E-state index < -0.39 is 27.7 Å². The lowest BCUT2D eigenvalue weighted by molar-refractivity contribution is -0.136. The molecule has 0 saturated carbocycles. The van der Waals surface area contributed by atoms with Gasteiger partial charge < -0.3 is 9.84 Å². The third-order valence-electron chi connectivity index (χ3n) is 5.63. The molecule has 3 aromatic rings. The zero-order valence-corrected chi connectivity index (χ0v) is 18.5. The molecule has 1 aromatic heterocycles. The minimum Gasteiger partial charge on any atom is -0.494 e. The summed E-state index contributed by atoms with van der Waals surface area (Å²) in [7, 11) is -3.95. The number of rotatable bonds is 7. The number of halogens is 1. The van der Waals surface area contributed by atoms with Gasteiger partial charge in [-0.25, -0.2) is 12.8 Å². The van der Waals surface area contributed by atoms with Crippen LogP contribution >= 0.6 is 0 Å². The van der Waals surface area contributed by atoms with Gasteiger partial charge >= 0.3 is 5.97 Å². The molecular weight excluding hydrogens is 437 g/mol. The van der Waals surface area contributed by atoms with Crippen molar-refractivity contribution >= 4 is 26.9 Å². The molecule has 0 bridgehead atoms. The Kier molecular flexibility index (Phi) is 5.68. The van der Waals surface area contributed by atoms with Crippen molar-refractivity contribution in [2.24, 2.45) is 0 Å². The average molecular weight is 462 g/mol. The Labute approximate surface area is 185 Å². The molecule has 0 spiro atoms. The van der Waals surface area contributed by atoms with E-state index in [-0.39, 0.29) is 24.4 Å². The standard InChI is InChI=1S/C22H24FN3O5S/c1-3-31-15-8-10-16(11-9-15)32(29,30)25-13-20(22(2,23)14-25)26-19-7-5-4-6-17(19)18(24-26)12-21(27)28/h4-11,20H,3,12-14H2,1-2H3,(H,27,28)/t20-,22-/m0/s1. The second kappa shape index (κ2) is 8.18. The van der Waals surface area contributed by atoms with Crippen LogP contribution in [-0.4, -0.2) is 58.9 Å². The first-order chi connectivity index (χ1) is 15.1. The zero-order chi connectivity index (χ0) is 23.1. The van der Waals surface area contributed by atoms with Gasteiger partial charge in [0, 0.05) is 11.9 Å². The number of para-hydroxylation sites is 1. The topological polar surface area (TPSA) is 102 Å². The first kappa shape index (κ1) is 22.2. The van der Waals surface area contributed by atoms with Gasteiger partial charge in [-0.2, -0.15) is 9.40 Å². The van der Waals surface area contributed by atoms with Crippen molar-refractivity contribution in [2.75, 3.05) is 19.7 Å². The second-order valence-electron chi connectivity index (χ2n) is 7.97. The number of aliphatic carboxylic acids is 1. The number of carboxylic acids is 1. The molecule has 0 aliphatic carbocycles. The van der Waals surface area contributed by atoms with Crippen LogP contribution in [0.1, 0.15) is 25.6 Å². The maximum Gasteiger partial charge on any atom is 0.309 e. The van der Waals surface area contributed by atoms with E-state index in [0.717, 1.165) is 4.31 Å². The van der Waals surface area contributed by atoms with E-state index in [4.69, 9.17) is 4.74 Å². The lowest BCUT2D eigenvalue weighted by Crippen LogP contribution is -2.33. The second-order valence-corrected chi connectivity index (χ2v) is 9.91. The Hall–Kier alpha value is -2.98. The number of benzene rings is 2. The van der Waals surface area contributed by atoms with Crippen LogP contribution in [0.4, 0.5) is 4.39 Å². The van der Waals surface area contributed by atoms with Crippen molar-refractivity contribution < 1.29 is 27.4 Å². The third-order valence-corrected chi connectivity index (χ3v) is 7.46. The highest BCUT2D eigenvalue weighted by atomic mass is 32.2. The molecule has 170 valence electrons. The van der Waals surface area contributed by atoms with Gasteiger partial charge in [-0.1, -0.05) is 18.2 Å². The summed E-state index contributed by atoms with van der Waals surface area (Å²) in [6.45, 7) is 3.18. The van der Waals surface area contributed by atoms with Gasteiger partial charge in [0.25, 0.3) is 0 Å². The number of sulfonamides is 1. The summed E-state index contributed by atoms with van der Waals surface area (Å²) < 4.78 is 50.0. The average Bonchev–Trinajstić information content (AvgIpc) is 3.25. The van der Waals surface area contributed by atoms with E-state index in [1.807, 2.05) is 6.92 Å². The van der Waals surface area contributed by atoms with E-state index in [9.17, 15) is 18.3 Å². The fourth-order valence-electron chi connectivity index (χ4n) is 4.10. The van der Waals surface area contributed by atoms with Crippen LogP contribution in [0, 0.1) is 0 Å². The molecule has 2 atom stereocenters.